The van der Waals surface area contributed by atoms with Gasteiger partial charge in [0.25, 0.3) is 0 Å². The second-order valence-corrected chi connectivity index (χ2v) is 6.98. The van der Waals surface area contributed by atoms with E-state index in [0.29, 0.717) is 22.3 Å². The highest BCUT2D eigenvalue weighted by Crippen LogP contribution is 2.33. The molecule has 25 heavy (non-hydrogen) atoms. The summed E-state index contributed by atoms with van der Waals surface area (Å²) in [5.41, 5.74) is 2.13. The lowest BCUT2D eigenvalue weighted by atomic mass is 10.1. The maximum atomic E-state index is 10.2. The first kappa shape index (κ1) is 16.2. The molecule has 7 heteroatoms. The van der Waals surface area contributed by atoms with Crippen LogP contribution in [0.15, 0.2) is 36.5 Å². The number of hydrogen-bond donors (Lipinski definition) is 2. The van der Waals surface area contributed by atoms with E-state index in [1.54, 1.807) is 12.1 Å². The predicted molar refractivity (Wildman–Crippen MR) is 99.2 cm³/mol. The van der Waals surface area contributed by atoms with Crippen LogP contribution in [0.5, 0.6) is 5.75 Å². The van der Waals surface area contributed by atoms with Gasteiger partial charge in [0.15, 0.2) is 0 Å². The number of likely N-dealkylation sites (tertiary alicyclic amines) is 1. The van der Waals surface area contributed by atoms with Gasteiger partial charge in [-0.05, 0) is 56.8 Å². The molecule has 1 aliphatic heterocycles. The highest BCUT2D eigenvalue weighted by molar-refractivity contribution is 6.30. The van der Waals surface area contributed by atoms with Crippen LogP contribution in [-0.2, 0) is 0 Å². The number of phenolic OH excluding ortho intramolecular Hbond substituents is 1. The van der Waals surface area contributed by atoms with Gasteiger partial charge in [0, 0.05) is 29.4 Å². The highest BCUT2D eigenvalue weighted by Gasteiger charge is 2.20. The van der Waals surface area contributed by atoms with Gasteiger partial charge in [-0.25, -0.2) is 0 Å². The second-order valence-electron chi connectivity index (χ2n) is 6.54. The van der Waals surface area contributed by atoms with Crippen LogP contribution in [0.1, 0.15) is 12.8 Å². The van der Waals surface area contributed by atoms with Crippen LogP contribution in [-0.4, -0.2) is 50.8 Å². The lowest BCUT2D eigenvalue weighted by Crippen LogP contribution is -2.40. The van der Waals surface area contributed by atoms with Crippen LogP contribution in [0.4, 0.5) is 5.95 Å². The summed E-state index contributed by atoms with van der Waals surface area (Å²) in [6.45, 7) is 2.13. The summed E-state index contributed by atoms with van der Waals surface area (Å²) < 4.78 is 1.98. The summed E-state index contributed by atoms with van der Waals surface area (Å²) >= 11 is 5.93. The number of anilines is 1. The number of nitrogens with one attached hydrogen (secondary N) is 1. The van der Waals surface area contributed by atoms with Gasteiger partial charge in [-0.2, -0.15) is 0 Å². The monoisotopic (exact) mass is 357 g/mol. The molecular formula is C18H20ClN5O. The van der Waals surface area contributed by atoms with E-state index in [1.807, 2.05) is 22.7 Å². The third kappa shape index (κ3) is 3.15. The molecule has 1 atom stereocenters. The Kier molecular flexibility index (Phi) is 4.23. The first-order valence-electron chi connectivity index (χ1n) is 8.39. The van der Waals surface area contributed by atoms with Crippen LogP contribution in [0.2, 0.25) is 5.02 Å². The number of hydrogen-bond acceptors (Lipinski definition) is 5. The molecule has 0 unspecified atom stereocenters. The third-order valence-corrected chi connectivity index (χ3v) is 4.87. The molecule has 0 spiro atoms. The van der Waals surface area contributed by atoms with E-state index in [9.17, 15) is 5.11 Å². The number of fused-ring (bicyclic) bond motifs is 1. The topological polar surface area (TPSA) is 65.7 Å². The molecule has 4 rings (SSSR count). The van der Waals surface area contributed by atoms with Crippen LogP contribution in [0.3, 0.4) is 0 Å². The standard InChI is InChI=1S/C18H20ClN5O/c1-23-8-2-4-13(11-23)20-18-22-21-17(15-5-3-9-24(15)18)14-7-6-12(19)10-16(14)25/h3,5-7,9-10,13,25H,2,4,8,11H2,1H3,(H,20,22)/t13-/m1/s1. The zero-order chi connectivity index (χ0) is 17.4. The number of phenols is 1. The third-order valence-electron chi connectivity index (χ3n) is 4.64. The SMILES string of the molecule is CN1CCC[C@@H](Nc2nnc(-c3ccc(Cl)cc3O)c3cccn23)C1. The number of rotatable bonds is 3. The molecule has 1 aromatic carbocycles. The fraction of sp³-hybridized carbons (Fsp3) is 0.333. The molecule has 3 aromatic rings. The molecule has 0 radical (unpaired) electrons. The molecule has 130 valence electrons. The van der Waals surface area contributed by atoms with Crippen molar-refractivity contribution >= 4 is 23.1 Å². The number of aromatic nitrogens is 3. The minimum absolute atomic E-state index is 0.0968. The highest BCUT2D eigenvalue weighted by atomic mass is 35.5. The number of aromatic hydroxyl groups is 1. The predicted octanol–water partition coefficient (Wildman–Crippen LogP) is 3.26. The van der Waals surface area contributed by atoms with Crippen molar-refractivity contribution in [2.45, 2.75) is 18.9 Å². The Bertz CT molecular complexity index is 910. The number of benzene rings is 1. The van der Waals surface area contributed by atoms with E-state index in [0.717, 1.165) is 31.0 Å². The molecule has 1 saturated heterocycles. The second kappa shape index (κ2) is 6.54. The Hall–Kier alpha value is -2.31. The first-order chi connectivity index (χ1) is 12.1. The van der Waals surface area contributed by atoms with Gasteiger partial charge in [-0.15, -0.1) is 10.2 Å². The summed E-state index contributed by atoms with van der Waals surface area (Å²) in [5.74, 6) is 0.817. The van der Waals surface area contributed by atoms with Crippen LogP contribution < -0.4 is 5.32 Å². The Balaban J connectivity index is 1.71. The number of likely N-dealkylation sites (N-methyl/N-ethyl adjacent to an activating group) is 1. The van der Waals surface area contributed by atoms with Crippen molar-refractivity contribution in [3.05, 3.63) is 41.6 Å². The van der Waals surface area contributed by atoms with E-state index < -0.39 is 0 Å². The van der Waals surface area contributed by atoms with Gasteiger partial charge in [0.2, 0.25) is 5.95 Å². The van der Waals surface area contributed by atoms with E-state index in [1.165, 1.54) is 12.5 Å². The number of piperidine rings is 1. The van der Waals surface area contributed by atoms with Crippen molar-refractivity contribution in [2.24, 2.45) is 0 Å². The maximum Gasteiger partial charge on any atom is 0.228 e. The average molecular weight is 358 g/mol. The Labute approximate surface area is 151 Å². The molecule has 0 bridgehead atoms. The molecule has 0 amide bonds. The number of nitrogens with zero attached hydrogens (tertiary/aromatic N) is 4. The van der Waals surface area contributed by atoms with Crippen LogP contribution >= 0.6 is 11.6 Å². The zero-order valence-electron chi connectivity index (χ0n) is 14.0. The normalized spacial score (nSPS) is 18.6. The average Bonchev–Trinajstić information content (AvgIpc) is 3.06. The van der Waals surface area contributed by atoms with E-state index in [-0.39, 0.29) is 5.75 Å². The van der Waals surface area contributed by atoms with Gasteiger partial charge in [0.05, 0.1) is 5.52 Å². The van der Waals surface area contributed by atoms with Crippen molar-refractivity contribution < 1.29 is 5.11 Å². The van der Waals surface area contributed by atoms with Crippen molar-refractivity contribution in [3.63, 3.8) is 0 Å². The summed E-state index contributed by atoms with van der Waals surface area (Å²) in [6, 6.07) is 9.29. The van der Waals surface area contributed by atoms with Crippen LogP contribution in [0.25, 0.3) is 16.8 Å². The van der Waals surface area contributed by atoms with Gasteiger partial charge in [0.1, 0.15) is 11.4 Å². The lowest BCUT2D eigenvalue weighted by Gasteiger charge is -2.30. The van der Waals surface area contributed by atoms with Gasteiger partial charge in [-0.3, -0.25) is 4.40 Å². The fourth-order valence-corrected chi connectivity index (χ4v) is 3.58. The van der Waals surface area contributed by atoms with Gasteiger partial charge in [-0.1, -0.05) is 11.6 Å². The van der Waals surface area contributed by atoms with E-state index in [2.05, 4.69) is 27.5 Å². The number of halogens is 1. The van der Waals surface area contributed by atoms with E-state index in [4.69, 9.17) is 11.6 Å². The Morgan fingerprint density at radius 3 is 2.96 bits per heavy atom. The van der Waals surface area contributed by atoms with Crippen molar-refractivity contribution in [3.8, 4) is 17.0 Å². The van der Waals surface area contributed by atoms with E-state index >= 15 is 0 Å². The Morgan fingerprint density at radius 2 is 2.16 bits per heavy atom. The summed E-state index contributed by atoms with van der Waals surface area (Å²) in [6.07, 6.45) is 4.25. The zero-order valence-corrected chi connectivity index (χ0v) is 14.7. The quantitative estimate of drug-likeness (QED) is 0.753. The lowest BCUT2D eigenvalue weighted by molar-refractivity contribution is 0.260. The van der Waals surface area contributed by atoms with Crippen LogP contribution in [0, 0.1) is 0 Å². The summed E-state index contributed by atoms with van der Waals surface area (Å²) in [5, 5.41) is 23.0. The molecule has 3 heterocycles. The molecule has 0 saturated carbocycles. The minimum Gasteiger partial charge on any atom is -0.507 e. The minimum atomic E-state index is 0.0968. The molecule has 1 fully saturated rings. The molecule has 2 aromatic heterocycles. The molecule has 1 aliphatic rings. The smallest absolute Gasteiger partial charge is 0.228 e. The summed E-state index contributed by atoms with van der Waals surface area (Å²) in [4.78, 5) is 2.32. The Morgan fingerprint density at radius 1 is 1.28 bits per heavy atom. The molecule has 6 nitrogen and oxygen atoms in total. The van der Waals surface area contributed by atoms with Crippen molar-refractivity contribution in [2.75, 3.05) is 25.5 Å². The maximum absolute atomic E-state index is 10.2. The molecular weight excluding hydrogens is 338 g/mol. The van der Waals surface area contributed by atoms with Crippen molar-refractivity contribution in [1.29, 1.82) is 0 Å². The molecule has 2 N–H and O–H groups in total. The first-order valence-corrected chi connectivity index (χ1v) is 8.77. The van der Waals surface area contributed by atoms with Gasteiger partial charge < -0.3 is 15.3 Å². The summed E-state index contributed by atoms with van der Waals surface area (Å²) in [7, 11) is 2.14. The largest absolute Gasteiger partial charge is 0.507 e. The van der Waals surface area contributed by atoms with Crippen molar-refractivity contribution in [1.82, 2.24) is 19.5 Å². The fourth-order valence-electron chi connectivity index (χ4n) is 3.42. The molecule has 0 aliphatic carbocycles. The van der Waals surface area contributed by atoms with Gasteiger partial charge >= 0.3 is 0 Å².